The first-order valence-corrected chi connectivity index (χ1v) is 21.4. The molecule has 0 saturated heterocycles. The Morgan fingerprint density at radius 3 is 1.04 bits per heavy atom. The Morgan fingerprint density at radius 2 is 0.688 bits per heavy atom. The molecule has 0 spiro atoms. The molecule has 0 radical (unpaired) electrons. The van der Waals surface area contributed by atoms with Gasteiger partial charge in [0.15, 0.2) is 0 Å². The van der Waals surface area contributed by atoms with Crippen LogP contribution < -0.4 is 0 Å². The molecule has 0 saturated carbocycles. The van der Waals surface area contributed by atoms with Gasteiger partial charge in [-0.2, -0.15) is 0 Å². The average Bonchev–Trinajstić information content (AvgIpc) is 3.08. The van der Waals surface area contributed by atoms with Crippen LogP contribution in [0.25, 0.3) is 0 Å². The Balaban J connectivity index is 3.67. The number of allylic oxidation sites excluding steroid dienone is 1. The van der Waals surface area contributed by atoms with Crippen molar-refractivity contribution in [1.29, 1.82) is 0 Å². The first-order valence-electron chi connectivity index (χ1n) is 21.4. The molecular formula is C44H84O4. The number of rotatable bonds is 38. The zero-order valence-corrected chi connectivity index (χ0v) is 33.0. The first-order chi connectivity index (χ1) is 23.5. The summed E-state index contributed by atoms with van der Waals surface area (Å²) in [6.07, 6.45) is 37.7. The molecule has 0 aliphatic carbocycles. The molecule has 4 heteroatoms. The predicted molar refractivity (Wildman–Crippen MR) is 208 cm³/mol. The number of carbonyl (C=O) groups is 2. The molecule has 0 N–H and O–H groups in total. The van der Waals surface area contributed by atoms with E-state index in [0.717, 1.165) is 38.5 Å². The zero-order valence-electron chi connectivity index (χ0n) is 33.0. The van der Waals surface area contributed by atoms with Crippen LogP contribution in [0.1, 0.15) is 233 Å². The molecular weight excluding hydrogens is 592 g/mol. The topological polar surface area (TPSA) is 52.6 Å². The van der Waals surface area contributed by atoms with Crippen LogP contribution in [0.5, 0.6) is 0 Å². The van der Waals surface area contributed by atoms with Crippen molar-refractivity contribution < 1.29 is 19.1 Å². The standard InChI is InChI=1S/C44H84O4/c1-6-10-14-26-34-41(32-12-8-3)38-47-43(45)36-28-22-18-16-20-24-30-40(5)31-25-21-17-19-23-29-37-44(46)48-39-42(33-13-9-4)35-27-15-11-7-2/h41-42H,5-39H2,1-4H3. The monoisotopic (exact) mass is 677 g/mol. The molecule has 0 fully saturated rings. The highest BCUT2D eigenvalue weighted by atomic mass is 16.5. The fraction of sp³-hybridized carbons (Fsp3) is 0.909. The van der Waals surface area contributed by atoms with Crippen molar-refractivity contribution in [2.45, 2.75) is 233 Å². The quantitative estimate of drug-likeness (QED) is 0.0371. The maximum absolute atomic E-state index is 12.3. The second kappa shape index (κ2) is 36.9. The van der Waals surface area contributed by atoms with Gasteiger partial charge < -0.3 is 9.47 Å². The van der Waals surface area contributed by atoms with Gasteiger partial charge in [0.1, 0.15) is 0 Å². The molecule has 0 amide bonds. The molecule has 2 atom stereocenters. The van der Waals surface area contributed by atoms with Crippen molar-refractivity contribution in [1.82, 2.24) is 0 Å². The van der Waals surface area contributed by atoms with Gasteiger partial charge in [0.05, 0.1) is 13.2 Å². The van der Waals surface area contributed by atoms with Crippen molar-refractivity contribution >= 4 is 11.9 Å². The minimum atomic E-state index is 0.0101. The van der Waals surface area contributed by atoms with E-state index < -0.39 is 0 Å². The maximum atomic E-state index is 12.3. The fourth-order valence-electron chi connectivity index (χ4n) is 6.72. The van der Waals surface area contributed by atoms with E-state index in [2.05, 4.69) is 34.3 Å². The van der Waals surface area contributed by atoms with Gasteiger partial charge in [-0.05, 0) is 76.0 Å². The van der Waals surface area contributed by atoms with Gasteiger partial charge in [-0.25, -0.2) is 0 Å². The smallest absolute Gasteiger partial charge is 0.305 e. The van der Waals surface area contributed by atoms with E-state index in [1.807, 2.05) is 0 Å². The summed E-state index contributed by atoms with van der Waals surface area (Å²) in [5.41, 5.74) is 1.41. The van der Waals surface area contributed by atoms with Crippen LogP contribution in [0.15, 0.2) is 12.2 Å². The summed E-state index contributed by atoms with van der Waals surface area (Å²) in [5.74, 6) is 1.13. The van der Waals surface area contributed by atoms with E-state index in [9.17, 15) is 9.59 Å². The van der Waals surface area contributed by atoms with E-state index in [-0.39, 0.29) is 11.9 Å². The van der Waals surface area contributed by atoms with E-state index in [4.69, 9.17) is 9.47 Å². The number of hydrogen-bond donors (Lipinski definition) is 0. The lowest BCUT2D eigenvalue weighted by Gasteiger charge is -2.16. The van der Waals surface area contributed by atoms with Gasteiger partial charge in [0, 0.05) is 12.8 Å². The molecule has 0 rings (SSSR count). The van der Waals surface area contributed by atoms with Gasteiger partial charge in [0.2, 0.25) is 0 Å². The van der Waals surface area contributed by atoms with Crippen LogP contribution in [-0.2, 0) is 19.1 Å². The molecule has 0 aromatic heterocycles. The average molecular weight is 677 g/mol. The molecule has 48 heavy (non-hydrogen) atoms. The number of ether oxygens (including phenoxy) is 2. The Bertz CT molecular complexity index is 659. The normalized spacial score (nSPS) is 12.6. The third kappa shape index (κ3) is 33.2. The molecule has 284 valence electrons. The second-order valence-corrected chi connectivity index (χ2v) is 15.1. The van der Waals surface area contributed by atoms with Crippen LogP contribution in [0, 0.1) is 11.8 Å². The minimum absolute atomic E-state index is 0.0101. The Kier molecular flexibility index (Phi) is 35.9. The van der Waals surface area contributed by atoms with Crippen LogP contribution in [-0.4, -0.2) is 25.2 Å². The Morgan fingerprint density at radius 1 is 0.396 bits per heavy atom. The number of esters is 2. The van der Waals surface area contributed by atoms with Gasteiger partial charge in [0.25, 0.3) is 0 Å². The molecule has 0 heterocycles. The third-order valence-corrected chi connectivity index (χ3v) is 10.1. The summed E-state index contributed by atoms with van der Waals surface area (Å²) in [6, 6.07) is 0. The van der Waals surface area contributed by atoms with Gasteiger partial charge in [-0.1, -0.05) is 168 Å². The van der Waals surface area contributed by atoms with Gasteiger partial charge >= 0.3 is 11.9 Å². The van der Waals surface area contributed by atoms with E-state index >= 15 is 0 Å². The highest BCUT2D eigenvalue weighted by Crippen LogP contribution is 2.21. The molecule has 2 unspecified atom stereocenters. The van der Waals surface area contributed by atoms with Crippen molar-refractivity contribution in [3.63, 3.8) is 0 Å². The Hall–Kier alpha value is -1.32. The van der Waals surface area contributed by atoms with Crippen molar-refractivity contribution in [2.75, 3.05) is 13.2 Å². The first kappa shape index (κ1) is 46.7. The highest BCUT2D eigenvalue weighted by Gasteiger charge is 2.13. The zero-order chi connectivity index (χ0) is 35.3. The fourth-order valence-corrected chi connectivity index (χ4v) is 6.72. The number of unbranched alkanes of at least 4 members (excludes halogenated alkanes) is 18. The van der Waals surface area contributed by atoms with Gasteiger partial charge in [-0.15, -0.1) is 0 Å². The third-order valence-electron chi connectivity index (χ3n) is 10.1. The second-order valence-electron chi connectivity index (χ2n) is 15.1. The number of hydrogen-bond acceptors (Lipinski definition) is 4. The van der Waals surface area contributed by atoms with Crippen molar-refractivity contribution in [3.05, 3.63) is 12.2 Å². The van der Waals surface area contributed by atoms with Crippen LogP contribution >= 0.6 is 0 Å². The van der Waals surface area contributed by atoms with E-state index in [1.54, 1.807) is 0 Å². The van der Waals surface area contributed by atoms with Crippen molar-refractivity contribution in [3.8, 4) is 0 Å². The lowest BCUT2D eigenvalue weighted by Crippen LogP contribution is -2.14. The lowest BCUT2D eigenvalue weighted by atomic mass is 9.96. The molecule has 0 aliphatic rings. The molecule has 0 aromatic carbocycles. The highest BCUT2D eigenvalue weighted by molar-refractivity contribution is 5.69. The van der Waals surface area contributed by atoms with Gasteiger partial charge in [-0.3, -0.25) is 9.59 Å². The predicted octanol–water partition coefficient (Wildman–Crippen LogP) is 14.4. The van der Waals surface area contributed by atoms with E-state index in [0.29, 0.717) is 37.9 Å². The number of carbonyl (C=O) groups excluding carboxylic acids is 2. The summed E-state index contributed by atoms with van der Waals surface area (Å²) >= 11 is 0. The van der Waals surface area contributed by atoms with E-state index in [1.165, 1.54) is 160 Å². The summed E-state index contributed by atoms with van der Waals surface area (Å²) in [6.45, 7) is 14.6. The minimum Gasteiger partial charge on any atom is -0.465 e. The SMILES string of the molecule is C=C(CCCCCCCCC(=O)OCC(CCCC)CCCCCC)CCCCCCCCC(=O)OCC(CCCC)CCCCCC. The van der Waals surface area contributed by atoms with Crippen LogP contribution in [0.3, 0.4) is 0 Å². The maximum Gasteiger partial charge on any atom is 0.305 e. The lowest BCUT2D eigenvalue weighted by molar-refractivity contribution is -0.146. The Labute approximate surface area is 300 Å². The summed E-state index contributed by atoms with van der Waals surface area (Å²) in [4.78, 5) is 24.5. The summed E-state index contributed by atoms with van der Waals surface area (Å²) in [7, 11) is 0. The van der Waals surface area contributed by atoms with Crippen molar-refractivity contribution in [2.24, 2.45) is 11.8 Å². The molecule has 0 aromatic rings. The van der Waals surface area contributed by atoms with Crippen LogP contribution in [0.4, 0.5) is 0 Å². The summed E-state index contributed by atoms with van der Waals surface area (Å²) < 4.78 is 11.4. The summed E-state index contributed by atoms with van der Waals surface area (Å²) in [5, 5.41) is 0. The molecule has 0 aliphatic heterocycles. The molecule has 0 bridgehead atoms. The van der Waals surface area contributed by atoms with Crippen LogP contribution in [0.2, 0.25) is 0 Å². The largest absolute Gasteiger partial charge is 0.465 e. The molecule has 4 nitrogen and oxygen atoms in total.